The summed E-state index contributed by atoms with van der Waals surface area (Å²) >= 11 is 5.89. The van der Waals surface area contributed by atoms with E-state index in [9.17, 15) is 0 Å². The van der Waals surface area contributed by atoms with Crippen LogP contribution in [0, 0.1) is 5.92 Å². The maximum Gasteiger partial charge on any atom is 0.165 e. The molecule has 0 aliphatic heterocycles. The number of rotatable bonds is 9. The summed E-state index contributed by atoms with van der Waals surface area (Å²) in [6, 6.07) is 5.71. The van der Waals surface area contributed by atoms with Crippen LogP contribution in [0.2, 0.25) is 0 Å². The number of para-hydroxylation sites is 1. The van der Waals surface area contributed by atoms with E-state index in [-0.39, 0.29) is 0 Å². The highest BCUT2D eigenvalue weighted by molar-refractivity contribution is 6.17. The van der Waals surface area contributed by atoms with Gasteiger partial charge >= 0.3 is 0 Å². The Hall–Kier alpha value is -0.930. The SMILES string of the molecule is COc1cccc(CCl)c1OCCOCCC(C)C. The molecule has 0 N–H and O–H groups in total. The van der Waals surface area contributed by atoms with Gasteiger partial charge in [0.05, 0.1) is 19.6 Å². The van der Waals surface area contributed by atoms with E-state index in [1.807, 2.05) is 18.2 Å². The maximum absolute atomic E-state index is 5.89. The largest absolute Gasteiger partial charge is 0.493 e. The number of alkyl halides is 1. The van der Waals surface area contributed by atoms with Crippen molar-refractivity contribution in [2.24, 2.45) is 5.92 Å². The molecule has 0 aromatic heterocycles. The van der Waals surface area contributed by atoms with E-state index in [2.05, 4.69) is 13.8 Å². The summed E-state index contributed by atoms with van der Waals surface area (Å²) in [6.45, 7) is 6.22. The zero-order valence-corrected chi connectivity index (χ0v) is 12.7. The number of ether oxygens (including phenoxy) is 3. The third-order valence-corrected chi connectivity index (χ3v) is 3.03. The van der Waals surface area contributed by atoms with Crippen molar-refractivity contribution in [3.63, 3.8) is 0 Å². The summed E-state index contributed by atoms with van der Waals surface area (Å²) in [6.07, 6.45) is 1.07. The van der Waals surface area contributed by atoms with Crippen LogP contribution in [0.3, 0.4) is 0 Å². The highest BCUT2D eigenvalue weighted by Crippen LogP contribution is 2.31. The summed E-state index contributed by atoms with van der Waals surface area (Å²) in [5, 5.41) is 0. The molecule has 0 bridgehead atoms. The fraction of sp³-hybridized carbons (Fsp3) is 0.600. The summed E-state index contributed by atoms with van der Waals surface area (Å²) in [4.78, 5) is 0. The summed E-state index contributed by atoms with van der Waals surface area (Å²) in [7, 11) is 1.62. The van der Waals surface area contributed by atoms with Crippen molar-refractivity contribution in [1.29, 1.82) is 0 Å². The molecule has 19 heavy (non-hydrogen) atoms. The molecule has 3 nitrogen and oxygen atoms in total. The second kappa shape index (κ2) is 9.05. The van der Waals surface area contributed by atoms with E-state index in [1.54, 1.807) is 7.11 Å². The average molecular weight is 287 g/mol. The van der Waals surface area contributed by atoms with Crippen LogP contribution < -0.4 is 9.47 Å². The van der Waals surface area contributed by atoms with Crippen LogP contribution in [0.4, 0.5) is 0 Å². The minimum Gasteiger partial charge on any atom is -0.493 e. The lowest BCUT2D eigenvalue weighted by molar-refractivity contribution is 0.0914. The Balaban J connectivity index is 2.40. The first kappa shape index (κ1) is 16.1. The molecule has 1 aromatic rings. The molecular formula is C15H23ClO3. The Morgan fingerprint density at radius 2 is 1.95 bits per heavy atom. The molecule has 0 amide bonds. The molecule has 1 rings (SSSR count). The van der Waals surface area contributed by atoms with Crippen molar-refractivity contribution in [2.75, 3.05) is 26.9 Å². The molecule has 4 heteroatoms. The molecule has 0 aliphatic rings. The van der Waals surface area contributed by atoms with Gasteiger partial charge in [0, 0.05) is 12.2 Å². The van der Waals surface area contributed by atoms with Crippen LogP contribution in [-0.4, -0.2) is 26.9 Å². The summed E-state index contributed by atoms with van der Waals surface area (Å²) in [5.41, 5.74) is 0.934. The van der Waals surface area contributed by atoms with E-state index in [0.717, 1.165) is 18.6 Å². The Bertz CT molecular complexity index is 344. The van der Waals surface area contributed by atoms with Crippen LogP contribution in [0.1, 0.15) is 25.8 Å². The molecule has 0 unspecified atom stereocenters. The number of hydrogen-bond donors (Lipinski definition) is 0. The van der Waals surface area contributed by atoms with E-state index in [4.69, 9.17) is 25.8 Å². The molecule has 1 aromatic carbocycles. The normalized spacial score (nSPS) is 10.8. The lowest BCUT2D eigenvalue weighted by Crippen LogP contribution is -2.10. The zero-order chi connectivity index (χ0) is 14.1. The van der Waals surface area contributed by atoms with Gasteiger partial charge in [-0.3, -0.25) is 0 Å². The molecule has 0 atom stereocenters. The molecular weight excluding hydrogens is 264 g/mol. The molecule has 0 aliphatic carbocycles. The predicted molar refractivity (Wildman–Crippen MR) is 78.3 cm³/mol. The first-order chi connectivity index (χ1) is 9.19. The molecule has 0 saturated heterocycles. The van der Waals surface area contributed by atoms with Gasteiger partial charge in [0.1, 0.15) is 6.61 Å². The highest BCUT2D eigenvalue weighted by Gasteiger charge is 2.09. The molecule has 0 heterocycles. The van der Waals surface area contributed by atoms with E-state index in [0.29, 0.717) is 36.5 Å². The number of halogens is 1. The van der Waals surface area contributed by atoms with Crippen molar-refractivity contribution in [3.05, 3.63) is 23.8 Å². The van der Waals surface area contributed by atoms with E-state index < -0.39 is 0 Å². The number of methoxy groups -OCH3 is 1. The number of hydrogen-bond acceptors (Lipinski definition) is 3. The van der Waals surface area contributed by atoms with Crippen molar-refractivity contribution in [2.45, 2.75) is 26.1 Å². The van der Waals surface area contributed by atoms with Gasteiger partial charge in [0.25, 0.3) is 0 Å². The van der Waals surface area contributed by atoms with Gasteiger partial charge in [-0.15, -0.1) is 11.6 Å². The standard InChI is InChI=1S/C15H23ClO3/c1-12(2)7-8-18-9-10-19-15-13(11-16)5-4-6-14(15)17-3/h4-6,12H,7-11H2,1-3H3. The molecule has 0 radical (unpaired) electrons. The lowest BCUT2D eigenvalue weighted by atomic mass is 10.1. The minimum absolute atomic E-state index is 0.404. The fourth-order valence-corrected chi connectivity index (χ4v) is 1.83. The fourth-order valence-electron chi connectivity index (χ4n) is 1.61. The van der Waals surface area contributed by atoms with Gasteiger partial charge in [-0.25, -0.2) is 0 Å². The Morgan fingerprint density at radius 1 is 1.16 bits per heavy atom. The Kier molecular flexibility index (Phi) is 7.68. The average Bonchev–Trinajstić information content (AvgIpc) is 2.42. The quantitative estimate of drug-likeness (QED) is 0.509. The molecule has 0 spiro atoms. The first-order valence-electron chi connectivity index (χ1n) is 6.61. The van der Waals surface area contributed by atoms with Gasteiger partial charge < -0.3 is 14.2 Å². The van der Waals surface area contributed by atoms with Crippen LogP contribution in [0.5, 0.6) is 11.5 Å². The zero-order valence-electron chi connectivity index (χ0n) is 11.9. The molecule has 0 fully saturated rings. The van der Waals surface area contributed by atoms with E-state index in [1.165, 1.54) is 0 Å². The van der Waals surface area contributed by atoms with Gasteiger partial charge in [-0.1, -0.05) is 26.0 Å². The molecule has 0 saturated carbocycles. The van der Waals surface area contributed by atoms with Crippen LogP contribution in [0.25, 0.3) is 0 Å². The first-order valence-corrected chi connectivity index (χ1v) is 7.14. The number of benzene rings is 1. The van der Waals surface area contributed by atoms with Gasteiger partial charge in [0.15, 0.2) is 11.5 Å². The van der Waals surface area contributed by atoms with Crippen molar-refractivity contribution in [3.8, 4) is 11.5 Å². The minimum atomic E-state index is 0.404. The monoisotopic (exact) mass is 286 g/mol. The lowest BCUT2D eigenvalue weighted by Gasteiger charge is -2.14. The smallest absolute Gasteiger partial charge is 0.165 e. The third-order valence-electron chi connectivity index (χ3n) is 2.74. The van der Waals surface area contributed by atoms with Gasteiger partial charge in [-0.05, 0) is 18.4 Å². The Labute approximate surface area is 120 Å². The van der Waals surface area contributed by atoms with Gasteiger partial charge in [-0.2, -0.15) is 0 Å². The van der Waals surface area contributed by atoms with Crippen molar-refractivity contribution < 1.29 is 14.2 Å². The topological polar surface area (TPSA) is 27.7 Å². The van der Waals surface area contributed by atoms with E-state index >= 15 is 0 Å². The predicted octanol–water partition coefficient (Wildman–Crippen LogP) is 3.88. The summed E-state index contributed by atoms with van der Waals surface area (Å²) < 4.78 is 16.5. The van der Waals surface area contributed by atoms with Gasteiger partial charge in [0.2, 0.25) is 0 Å². The van der Waals surface area contributed by atoms with Crippen LogP contribution in [0.15, 0.2) is 18.2 Å². The second-order valence-corrected chi connectivity index (χ2v) is 4.99. The third kappa shape index (κ3) is 5.70. The maximum atomic E-state index is 5.89. The molecule has 108 valence electrons. The summed E-state index contributed by atoms with van der Waals surface area (Å²) in [5.74, 6) is 2.49. The van der Waals surface area contributed by atoms with Crippen LogP contribution >= 0.6 is 11.6 Å². The van der Waals surface area contributed by atoms with Crippen molar-refractivity contribution >= 4 is 11.6 Å². The highest BCUT2D eigenvalue weighted by atomic mass is 35.5. The van der Waals surface area contributed by atoms with Crippen molar-refractivity contribution in [1.82, 2.24) is 0 Å². The second-order valence-electron chi connectivity index (χ2n) is 4.73. The Morgan fingerprint density at radius 3 is 2.58 bits per heavy atom. The van der Waals surface area contributed by atoms with Crippen LogP contribution in [-0.2, 0) is 10.6 Å².